The van der Waals surface area contributed by atoms with Crippen molar-refractivity contribution in [3.8, 4) is 0 Å². The Kier molecular flexibility index (Phi) is 3.18. The van der Waals surface area contributed by atoms with E-state index in [0.29, 0.717) is 11.3 Å². The fourth-order valence-corrected chi connectivity index (χ4v) is 2.61. The minimum atomic E-state index is 0.533. The van der Waals surface area contributed by atoms with Crippen LogP contribution < -0.4 is 11.3 Å². The lowest BCUT2D eigenvalue weighted by atomic mass is 10.4. The van der Waals surface area contributed by atoms with Crippen LogP contribution in [0.3, 0.4) is 0 Å². The minimum absolute atomic E-state index is 0.533. The van der Waals surface area contributed by atoms with Gasteiger partial charge in [0.25, 0.3) is 0 Å². The summed E-state index contributed by atoms with van der Waals surface area (Å²) in [7, 11) is 0. The molecule has 1 atom stereocenters. The molecule has 1 heterocycles. The van der Waals surface area contributed by atoms with Crippen molar-refractivity contribution in [2.24, 2.45) is 10.8 Å². The molecule has 0 aromatic heterocycles. The molecule has 80 valence electrons. The molecule has 0 radical (unpaired) electrons. The van der Waals surface area contributed by atoms with Gasteiger partial charge in [-0.2, -0.15) is 11.8 Å². The third kappa shape index (κ3) is 2.54. The lowest BCUT2D eigenvalue weighted by Crippen LogP contribution is -2.49. The van der Waals surface area contributed by atoms with Crippen LogP contribution in [-0.2, 0) is 0 Å². The van der Waals surface area contributed by atoms with Gasteiger partial charge in [0.15, 0.2) is 0 Å². The number of hydrogen-bond acceptors (Lipinski definition) is 3. The molecule has 1 saturated heterocycles. The molecule has 2 fully saturated rings. The molecule has 2 aliphatic rings. The minimum Gasteiger partial charge on any atom is -0.340 e. The van der Waals surface area contributed by atoms with Crippen LogP contribution in [-0.4, -0.2) is 41.0 Å². The topological polar surface area (TPSA) is 53.6 Å². The zero-order chi connectivity index (χ0) is 9.97. The van der Waals surface area contributed by atoms with Gasteiger partial charge < -0.3 is 4.90 Å². The first-order valence-electron chi connectivity index (χ1n) is 5.20. The monoisotopic (exact) mass is 214 g/mol. The number of guanidine groups is 1. The number of thioether (sulfide) groups is 1. The van der Waals surface area contributed by atoms with Gasteiger partial charge in [-0.05, 0) is 12.8 Å². The standard InChI is InChI=1S/C9H18N4S/c1-7-6-13(4-5-14-7)9(12-10)11-8-2-3-8/h7-8H,2-6,10H2,1H3,(H,11,12). The summed E-state index contributed by atoms with van der Waals surface area (Å²) in [4.78, 5) is 6.83. The number of nitrogens with one attached hydrogen (secondary N) is 1. The van der Waals surface area contributed by atoms with Crippen molar-refractivity contribution < 1.29 is 0 Å². The number of nitrogens with two attached hydrogens (primary N) is 1. The van der Waals surface area contributed by atoms with Gasteiger partial charge >= 0.3 is 0 Å². The summed E-state index contributed by atoms with van der Waals surface area (Å²) in [6.07, 6.45) is 2.45. The van der Waals surface area contributed by atoms with E-state index in [-0.39, 0.29) is 0 Å². The number of aliphatic imine (C=N–C) groups is 1. The molecule has 1 unspecified atom stereocenters. The summed E-state index contributed by atoms with van der Waals surface area (Å²) in [5.74, 6) is 7.56. The molecular weight excluding hydrogens is 196 g/mol. The summed E-state index contributed by atoms with van der Waals surface area (Å²) in [5.41, 5.74) is 2.73. The number of hydrazine groups is 1. The van der Waals surface area contributed by atoms with E-state index >= 15 is 0 Å². The average molecular weight is 214 g/mol. The molecule has 1 aliphatic carbocycles. The fraction of sp³-hybridized carbons (Fsp3) is 0.889. The third-order valence-electron chi connectivity index (χ3n) is 2.52. The van der Waals surface area contributed by atoms with E-state index in [0.717, 1.165) is 19.0 Å². The lowest BCUT2D eigenvalue weighted by molar-refractivity contribution is 0.418. The molecule has 0 bridgehead atoms. The van der Waals surface area contributed by atoms with Gasteiger partial charge in [-0.15, -0.1) is 0 Å². The molecule has 2 rings (SSSR count). The quantitative estimate of drug-likeness (QED) is 0.287. The Bertz CT molecular complexity index is 227. The van der Waals surface area contributed by atoms with Crippen LogP contribution in [0, 0.1) is 0 Å². The fourth-order valence-electron chi connectivity index (χ4n) is 1.60. The van der Waals surface area contributed by atoms with E-state index < -0.39 is 0 Å². The highest BCUT2D eigenvalue weighted by atomic mass is 32.2. The first kappa shape index (κ1) is 10.1. The largest absolute Gasteiger partial charge is 0.340 e. The van der Waals surface area contributed by atoms with Crippen LogP contribution >= 0.6 is 11.8 Å². The van der Waals surface area contributed by atoms with E-state index in [1.807, 2.05) is 11.8 Å². The van der Waals surface area contributed by atoms with Crippen molar-refractivity contribution in [2.75, 3.05) is 18.8 Å². The van der Waals surface area contributed by atoms with Gasteiger partial charge in [0.1, 0.15) is 0 Å². The summed E-state index contributed by atoms with van der Waals surface area (Å²) >= 11 is 2.02. The van der Waals surface area contributed by atoms with E-state index in [4.69, 9.17) is 5.84 Å². The second-order valence-electron chi connectivity index (χ2n) is 3.96. The summed E-state index contributed by atoms with van der Waals surface area (Å²) in [6.45, 7) is 4.37. The Morgan fingerprint density at radius 3 is 2.93 bits per heavy atom. The molecule has 0 spiro atoms. The number of nitrogens with zero attached hydrogens (tertiary/aromatic N) is 2. The Hall–Kier alpha value is -0.420. The predicted molar refractivity (Wildman–Crippen MR) is 61.3 cm³/mol. The van der Waals surface area contributed by atoms with Gasteiger partial charge in [-0.25, -0.2) is 10.8 Å². The molecular formula is C9H18N4S. The van der Waals surface area contributed by atoms with E-state index in [9.17, 15) is 0 Å². The Morgan fingerprint density at radius 1 is 1.57 bits per heavy atom. The Balaban J connectivity index is 1.95. The first-order valence-corrected chi connectivity index (χ1v) is 6.25. The normalized spacial score (nSPS) is 29.1. The number of rotatable bonds is 1. The Morgan fingerprint density at radius 2 is 2.36 bits per heavy atom. The smallest absolute Gasteiger partial charge is 0.208 e. The van der Waals surface area contributed by atoms with Crippen LogP contribution in [0.5, 0.6) is 0 Å². The average Bonchev–Trinajstić information content (AvgIpc) is 2.98. The molecule has 4 nitrogen and oxygen atoms in total. The summed E-state index contributed by atoms with van der Waals surface area (Å²) < 4.78 is 0. The van der Waals surface area contributed by atoms with Crippen molar-refractivity contribution in [1.82, 2.24) is 10.3 Å². The maximum absolute atomic E-state index is 5.50. The summed E-state index contributed by atoms with van der Waals surface area (Å²) in [6, 6.07) is 0.533. The highest BCUT2D eigenvalue weighted by molar-refractivity contribution is 7.99. The van der Waals surface area contributed by atoms with Crippen molar-refractivity contribution in [3.05, 3.63) is 0 Å². The lowest BCUT2D eigenvalue weighted by Gasteiger charge is -2.32. The molecule has 0 aromatic carbocycles. The third-order valence-corrected chi connectivity index (χ3v) is 3.66. The maximum Gasteiger partial charge on any atom is 0.208 e. The zero-order valence-electron chi connectivity index (χ0n) is 8.57. The Labute approximate surface area is 89.3 Å². The highest BCUT2D eigenvalue weighted by Crippen LogP contribution is 2.24. The second kappa shape index (κ2) is 4.40. The molecule has 1 saturated carbocycles. The van der Waals surface area contributed by atoms with E-state index in [1.54, 1.807) is 0 Å². The highest BCUT2D eigenvalue weighted by Gasteiger charge is 2.24. The van der Waals surface area contributed by atoms with Crippen LogP contribution in [0.15, 0.2) is 4.99 Å². The summed E-state index contributed by atoms with van der Waals surface area (Å²) in [5, 5.41) is 0.682. The van der Waals surface area contributed by atoms with Crippen molar-refractivity contribution in [2.45, 2.75) is 31.1 Å². The van der Waals surface area contributed by atoms with Crippen LogP contribution in [0.1, 0.15) is 19.8 Å². The van der Waals surface area contributed by atoms with Gasteiger partial charge in [-0.1, -0.05) is 6.92 Å². The van der Waals surface area contributed by atoms with Crippen LogP contribution in [0.25, 0.3) is 0 Å². The van der Waals surface area contributed by atoms with Gasteiger partial charge in [0, 0.05) is 24.1 Å². The molecule has 1 aliphatic heterocycles. The zero-order valence-corrected chi connectivity index (χ0v) is 9.39. The van der Waals surface area contributed by atoms with Crippen molar-refractivity contribution in [3.63, 3.8) is 0 Å². The maximum atomic E-state index is 5.50. The molecule has 0 amide bonds. The van der Waals surface area contributed by atoms with Crippen LogP contribution in [0.2, 0.25) is 0 Å². The number of hydrogen-bond donors (Lipinski definition) is 2. The van der Waals surface area contributed by atoms with Gasteiger partial charge in [-0.3, -0.25) is 5.43 Å². The van der Waals surface area contributed by atoms with Gasteiger partial charge in [0.2, 0.25) is 5.96 Å². The SMILES string of the molecule is CC1CN(C(=NC2CC2)NN)CCS1. The molecule has 14 heavy (non-hydrogen) atoms. The van der Waals surface area contributed by atoms with E-state index in [1.165, 1.54) is 18.6 Å². The van der Waals surface area contributed by atoms with Gasteiger partial charge in [0.05, 0.1) is 6.04 Å². The molecule has 3 N–H and O–H groups in total. The van der Waals surface area contributed by atoms with Crippen LogP contribution in [0.4, 0.5) is 0 Å². The molecule has 0 aromatic rings. The van der Waals surface area contributed by atoms with Crippen molar-refractivity contribution >= 4 is 17.7 Å². The molecule has 5 heteroatoms. The second-order valence-corrected chi connectivity index (χ2v) is 5.50. The van der Waals surface area contributed by atoms with Crippen molar-refractivity contribution in [1.29, 1.82) is 0 Å². The predicted octanol–water partition coefficient (Wildman–Crippen LogP) is 0.405. The van der Waals surface area contributed by atoms with E-state index in [2.05, 4.69) is 22.2 Å². The first-order chi connectivity index (χ1) is 6.79.